The zero-order valence-corrected chi connectivity index (χ0v) is 7.03. The molecule has 0 radical (unpaired) electrons. The van der Waals surface area contributed by atoms with E-state index < -0.39 is 5.82 Å². The maximum Gasteiger partial charge on any atom is 0.136 e. The first kappa shape index (κ1) is 8.45. The lowest BCUT2D eigenvalue weighted by Gasteiger charge is -2.01. The molecule has 2 aromatic rings. The van der Waals surface area contributed by atoms with Gasteiger partial charge in [-0.3, -0.25) is 4.98 Å². The molecule has 0 aliphatic carbocycles. The van der Waals surface area contributed by atoms with Crippen LogP contribution in [0.15, 0.2) is 24.4 Å². The maximum atomic E-state index is 13.3. The van der Waals surface area contributed by atoms with E-state index in [0.29, 0.717) is 0 Å². The van der Waals surface area contributed by atoms with E-state index in [4.69, 9.17) is 5.26 Å². The molecule has 0 amide bonds. The van der Waals surface area contributed by atoms with Gasteiger partial charge in [0.05, 0.1) is 16.5 Å². The summed E-state index contributed by atoms with van der Waals surface area (Å²) in [5.41, 5.74) is 0.435. The summed E-state index contributed by atoms with van der Waals surface area (Å²) in [5, 5.41) is 18.1. The molecule has 0 bridgehead atoms. The van der Waals surface area contributed by atoms with Gasteiger partial charge in [-0.05, 0) is 18.2 Å². The number of aromatic hydroxyl groups is 1. The normalized spacial score (nSPS) is 10.0. The molecule has 3 nitrogen and oxygen atoms in total. The van der Waals surface area contributed by atoms with Crippen molar-refractivity contribution in [3.8, 4) is 11.8 Å². The number of pyridine rings is 1. The van der Waals surface area contributed by atoms with Crippen LogP contribution < -0.4 is 0 Å². The van der Waals surface area contributed by atoms with Gasteiger partial charge in [0.2, 0.25) is 0 Å². The van der Waals surface area contributed by atoms with E-state index in [9.17, 15) is 9.50 Å². The monoisotopic (exact) mass is 188 g/mol. The van der Waals surface area contributed by atoms with Crippen LogP contribution in [0.25, 0.3) is 10.9 Å². The summed E-state index contributed by atoms with van der Waals surface area (Å²) in [6.07, 6.45) is 1.33. The van der Waals surface area contributed by atoms with Gasteiger partial charge in [0.15, 0.2) is 0 Å². The van der Waals surface area contributed by atoms with Crippen LogP contribution >= 0.6 is 0 Å². The highest BCUT2D eigenvalue weighted by Crippen LogP contribution is 2.27. The Morgan fingerprint density at radius 3 is 2.86 bits per heavy atom. The molecule has 0 spiro atoms. The highest BCUT2D eigenvalue weighted by atomic mass is 19.1. The molecule has 0 fully saturated rings. The first-order valence-electron chi connectivity index (χ1n) is 3.90. The number of halogens is 1. The molecular weight excluding hydrogens is 183 g/mol. The summed E-state index contributed by atoms with van der Waals surface area (Å²) in [6.45, 7) is 0. The van der Waals surface area contributed by atoms with Crippen LogP contribution in [-0.4, -0.2) is 10.1 Å². The maximum absolute atomic E-state index is 13.3. The van der Waals surface area contributed by atoms with Gasteiger partial charge in [0.1, 0.15) is 17.6 Å². The molecule has 0 aliphatic heterocycles. The molecule has 2 rings (SSSR count). The van der Waals surface area contributed by atoms with Crippen LogP contribution in [0.2, 0.25) is 0 Å². The standard InChI is InChI=1S/C10H5FN2O/c11-7-2-1-6(5-12)10-9(7)8(14)3-4-13-10/h1-4H,(H,13,14). The highest BCUT2D eigenvalue weighted by molar-refractivity contribution is 5.89. The Hall–Kier alpha value is -2.15. The third-order valence-electron chi connectivity index (χ3n) is 1.94. The lowest BCUT2D eigenvalue weighted by atomic mass is 10.1. The zero-order valence-electron chi connectivity index (χ0n) is 7.03. The van der Waals surface area contributed by atoms with Crippen LogP contribution in [0.3, 0.4) is 0 Å². The van der Waals surface area contributed by atoms with Crippen molar-refractivity contribution in [2.45, 2.75) is 0 Å². The molecule has 1 heterocycles. The van der Waals surface area contributed by atoms with E-state index in [1.165, 1.54) is 18.3 Å². The predicted molar refractivity (Wildman–Crippen MR) is 48.1 cm³/mol. The molecule has 0 saturated carbocycles. The molecule has 1 aromatic carbocycles. The number of hydrogen-bond donors (Lipinski definition) is 1. The fraction of sp³-hybridized carbons (Fsp3) is 0. The molecule has 0 aliphatic rings. The number of rotatable bonds is 0. The van der Waals surface area contributed by atoms with Gasteiger partial charge in [0, 0.05) is 6.20 Å². The highest BCUT2D eigenvalue weighted by Gasteiger charge is 2.09. The summed E-state index contributed by atoms with van der Waals surface area (Å²) in [7, 11) is 0. The molecule has 68 valence electrons. The van der Waals surface area contributed by atoms with Gasteiger partial charge in [-0.1, -0.05) is 0 Å². The fourth-order valence-corrected chi connectivity index (χ4v) is 1.30. The molecule has 1 N–H and O–H groups in total. The largest absolute Gasteiger partial charge is 0.507 e. The Balaban J connectivity index is 3.00. The molecule has 0 saturated heterocycles. The Kier molecular flexibility index (Phi) is 1.79. The minimum Gasteiger partial charge on any atom is -0.507 e. The third-order valence-corrected chi connectivity index (χ3v) is 1.94. The second-order valence-corrected chi connectivity index (χ2v) is 2.76. The first-order valence-corrected chi connectivity index (χ1v) is 3.90. The number of hydrogen-bond acceptors (Lipinski definition) is 3. The smallest absolute Gasteiger partial charge is 0.136 e. The Morgan fingerprint density at radius 1 is 1.36 bits per heavy atom. The van der Waals surface area contributed by atoms with Gasteiger partial charge in [-0.2, -0.15) is 5.26 Å². The average molecular weight is 188 g/mol. The van der Waals surface area contributed by atoms with Crippen molar-refractivity contribution in [3.63, 3.8) is 0 Å². The van der Waals surface area contributed by atoms with E-state index in [2.05, 4.69) is 4.98 Å². The van der Waals surface area contributed by atoms with E-state index in [-0.39, 0.29) is 22.2 Å². The number of nitrogens with zero attached hydrogens (tertiary/aromatic N) is 2. The van der Waals surface area contributed by atoms with Gasteiger partial charge < -0.3 is 5.11 Å². The first-order chi connectivity index (χ1) is 6.74. The Labute approximate surface area is 79.1 Å². The van der Waals surface area contributed by atoms with E-state index in [1.807, 2.05) is 6.07 Å². The summed E-state index contributed by atoms with van der Waals surface area (Å²) < 4.78 is 13.3. The van der Waals surface area contributed by atoms with Gasteiger partial charge in [0.25, 0.3) is 0 Å². The number of benzene rings is 1. The van der Waals surface area contributed by atoms with Gasteiger partial charge in [-0.15, -0.1) is 0 Å². The fourth-order valence-electron chi connectivity index (χ4n) is 1.30. The lowest BCUT2D eigenvalue weighted by molar-refractivity contribution is 0.478. The zero-order chi connectivity index (χ0) is 10.1. The van der Waals surface area contributed by atoms with E-state index in [1.54, 1.807) is 0 Å². The predicted octanol–water partition coefficient (Wildman–Crippen LogP) is 1.95. The van der Waals surface area contributed by atoms with Gasteiger partial charge >= 0.3 is 0 Å². The van der Waals surface area contributed by atoms with Crippen LogP contribution in [0, 0.1) is 17.1 Å². The van der Waals surface area contributed by atoms with Crippen molar-refractivity contribution in [2.24, 2.45) is 0 Å². The van der Waals surface area contributed by atoms with Crippen LogP contribution in [0.5, 0.6) is 5.75 Å². The minimum absolute atomic E-state index is 0.00782. The second kappa shape index (κ2) is 2.96. The summed E-state index contributed by atoms with van der Waals surface area (Å²) in [4.78, 5) is 3.85. The lowest BCUT2D eigenvalue weighted by Crippen LogP contribution is -1.87. The quantitative estimate of drug-likeness (QED) is 0.687. The minimum atomic E-state index is -0.579. The van der Waals surface area contributed by atoms with E-state index >= 15 is 0 Å². The summed E-state index contributed by atoms with van der Waals surface area (Å²) in [6, 6.07) is 5.65. The van der Waals surface area contributed by atoms with Crippen molar-refractivity contribution in [1.29, 1.82) is 5.26 Å². The molecule has 4 heteroatoms. The second-order valence-electron chi connectivity index (χ2n) is 2.76. The molecule has 1 aromatic heterocycles. The van der Waals surface area contributed by atoms with Crippen molar-refractivity contribution >= 4 is 10.9 Å². The van der Waals surface area contributed by atoms with Crippen molar-refractivity contribution in [3.05, 3.63) is 35.8 Å². The Bertz CT molecular complexity index is 537. The van der Waals surface area contributed by atoms with Crippen LogP contribution in [0.1, 0.15) is 5.56 Å². The summed E-state index contributed by atoms with van der Waals surface area (Å²) >= 11 is 0. The van der Waals surface area contributed by atoms with E-state index in [0.717, 1.165) is 6.07 Å². The van der Waals surface area contributed by atoms with Crippen LogP contribution in [-0.2, 0) is 0 Å². The Morgan fingerprint density at radius 2 is 2.14 bits per heavy atom. The number of fused-ring (bicyclic) bond motifs is 1. The van der Waals surface area contributed by atoms with Crippen LogP contribution in [0.4, 0.5) is 4.39 Å². The van der Waals surface area contributed by atoms with Crippen molar-refractivity contribution in [1.82, 2.24) is 4.98 Å². The van der Waals surface area contributed by atoms with Gasteiger partial charge in [-0.25, -0.2) is 4.39 Å². The SMILES string of the molecule is N#Cc1ccc(F)c2c(O)ccnc12. The molecule has 0 atom stereocenters. The summed E-state index contributed by atoms with van der Waals surface area (Å²) in [5.74, 6) is -0.783. The number of aromatic nitrogens is 1. The molecular formula is C10H5FN2O. The van der Waals surface area contributed by atoms with Crippen molar-refractivity contribution in [2.75, 3.05) is 0 Å². The topological polar surface area (TPSA) is 56.9 Å². The average Bonchev–Trinajstić information content (AvgIpc) is 2.18. The molecule has 0 unspecified atom stereocenters. The molecule has 14 heavy (non-hydrogen) atoms. The third kappa shape index (κ3) is 1.07. The number of nitriles is 1. The van der Waals surface area contributed by atoms with Crippen molar-refractivity contribution < 1.29 is 9.50 Å².